The molecule has 2 aromatic rings. The number of phenolic OH excluding ortho intramolecular Hbond substituents is 1. The van der Waals surface area contributed by atoms with Crippen molar-refractivity contribution in [2.75, 3.05) is 5.32 Å². The van der Waals surface area contributed by atoms with E-state index in [4.69, 9.17) is 0 Å². The Morgan fingerprint density at radius 2 is 1.78 bits per heavy atom. The minimum atomic E-state index is -4.25. The molecule has 0 bridgehead atoms. The fourth-order valence-electron chi connectivity index (χ4n) is 2.04. The topological polar surface area (TPSA) is 84.3 Å². The third-order valence-electron chi connectivity index (χ3n) is 3.06. The van der Waals surface area contributed by atoms with Crippen LogP contribution in [0.4, 0.5) is 23.2 Å². The van der Waals surface area contributed by atoms with E-state index in [2.05, 4.69) is 20.0 Å². The number of carbonyl (C=O) groups excluding carboxylic acids is 1. The number of anilines is 1. The quantitative estimate of drug-likeness (QED) is 0.653. The molecule has 2 N–H and O–H groups in total. The fourth-order valence-corrected chi connectivity index (χ4v) is 2.04. The Morgan fingerprint density at radius 1 is 1.13 bits per heavy atom. The summed E-state index contributed by atoms with van der Waals surface area (Å²) >= 11 is 0. The van der Waals surface area contributed by atoms with Gasteiger partial charge in [-0.1, -0.05) is 0 Å². The predicted molar refractivity (Wildman–Crippen MR) is 67.0 cm³/mol. The highest BCUT2D eigenvalue weighted by atomic mass is 19.3. The molecule has 23 heavy (non-hydrogen) atoms. The molecule has 2 heterocycles. The van der Waals surface area contributed by atoms with Gasteiger partial charge in [0.15, 0.2) is 0 Å². The van der Waals surface area contributed by atoms with Crippen molar-refractivity contribution in [2.45, 2.75) is 12.2 Å². The van der Waals surface area contributed by atoms with Gasteiger partial charge < -0.3 is 10.4 Å². The van der Waals surface area contributed by atoms with Crippen LogP contribution in [0.2, 0.25) is 0 Å². The van der Waals surface area contributed by atoms with E-state index in [9.17, 15) is 27.5 Å². The maximum absolute atomic E-state index is 13.5. The number of nitrogens with zero attached hydrogens (tertiary/aromatic N) is 2. The average Bonchev–Trinajstić information content (AvgIpc) is 2.65. The minimum Gasteiger partial charge on any atom is -0.506 e. The van der Waals surface area contributed by atoms with Gasteiger partial charge in [0.1, 0.15) is 11.4 Å². The molecule has 0 spiro atoms. The molecule has 0 saturated heterocycles. The van der Waals surface area contributed by atoms with E-state index in [-0.39, 0.29) is 5.69 Å². The van der Waals surface area contributed by atoms with Gasteiger partial charge in [0.25, 0.3) is 5.91 Å². The third kappa shape index (κ3) is 2.57. The zero-order valence-corrected chi connectivity index (χ0v) is 11.1. The van der Waals surface area contributed by atoms with Crippen molar-refractivity contribution >= 4 is 11.6 Å². The maximum Gasteiger partial charge on any atom is 0.388 e. The molecule has 6 nitrogen and oxygen atoms in total. The number of phenols is 1. The zero-order chi connectivity index (χ0) is 16.8. The molecule has 1 aromatic carbocycles. The van der Waals surface area contributed by atoms with Crippen molar-refractivity contribution in [1.82, 2.24) is 9.97 Å². The van der Waals surface area contributed by atoms with Crippen LogP contribution in [0.1, 0.15) is 21.6 Å². The second-order valence-corrected chi connectivity index (χ2v) is 4.60. The average molecular weight is 329 g/mol. The largest absolute Gasteiger partial charge is 0.506 e. The van der Waals surface area contributed by atoms with Gasteiger partial charge in [-0.05, 0) is 12.1 Å². The van der Waals surface area contributed by atoms with Crippen LogP contribution >= 0.6 is 0 Å². The molecule has 0 saturated carbocycles. The number of aromatic hydroxyl groups is 1. The molecular weight excluding hydrogens is 322 g/mol. The molecule has 3 rings (SSSR count). The molecule has 10 heteroatoms. The first-order valence-electron chi connectivity index (χ1n) is 6.12. The van der Waals surface area contributed by atoms with Crippen LogP contribution in [0.15, 0.2) is 30.7 Å². The number of amides is 1. The highest BCUT2D eigenvalue weighted by Gasteiger charge is 2.57. The van der Waals surface area contributed by atoms with Gasteiger partial charge in [0.05, 0.1) is 23.0 Å². The lowest BCUT2D eigenvalue weighted by molar-refractivity contribution is -0.369. The monoisotopic (exact) mass is 329 g/mol. The molecule has 1 amide bonds. The summed E-state index contributed by atoms with van der Waals surface area (Å²) in [6, 6.07) is 0.947. The standard InChI is InChI=1S/C13H7F4N3O3/c14-12(15)6-3-8(10(21)4-7(6)13(16,17)23-12)20-11(22)9-5-18-1-2-19-9/h1-5,21H,(H,20,22). The molecule has 0 unspecified atom stereocenters. The number of fused-ring (bicyclic) bond motifs is 1. The summed E-state index contributed by atoms with van der Waals surface area (Å²) in [5.41, 5.74) is -2.95. The summed E-state index contributed by atoms with van der Waals surface area (Å²) in [4.78, 5) is 19.2. The molecule has 120 valence electrons. The molecule has 1 aliphatic heterocycles. The Kier molecular flexibility index (Phi) is 3.22. The molecule has 0 aliphatic carbocycles. The SMILES string of the molecule is O=C(Nc1cc2c(cc1O)C(F)(F)OC2(F)F)c1cnccn1. The summed E-state index contributed by atoms with van der Waals surface area (Å²) in [6.07, 6.45) is -4.86. The van der Waals surface area contributed by atoms with Crippen LogP contribution in [0.5, 0.6) is 5.75 Å². The second-order valence-electron chi connectivity index (χ2n) is 4.60. The Labute approximate surface area is 125 Å². The minimum absolute atomic E-state index is 0.152. The van der Waals surface area contributed by atoms with E-state index >= 15 is 0 Å². The van der Waals surface area contributed by atoms with Gasteiger partial charge in [-0.15, -0.1) is 0 Å². The van der Waals surface area contributed by atoms with E-state index in [1.54, 1.807) is 0 Å². The first-order chi connectivity index (χ1) is 10.7. The maximum atomic E-state index is 13.5. The molecule has 1 aromatic heterocycles. The van der Waals surface area contributed by atoms with E-state index in [0.29, 0.717) is 12.1 Å². The number of carbonyl (C=O) groups is 1. The highest BCUT2D eigenvalue weighted by Crippen LogP contribution is 2.53. The molecule has 1 aliphatic rings. The van der Waals surface area contributed by atoms with Crippen molar-refractivity contribution in [3.05, 3.63) is 47.5 Å². The van der Waals surface area contributed by atoms with Crippen LogP contribution in [-0.2, 0) is 17.0 Å². The first kappa shape index (κ1) is 15.2. The van der Waals surface area contributed by atoms with Crippen molar-refractivity contribution in [3.63, 3.8) is 0 Å². The Balaban J connectivity index is 1.98. The highest BCUT2D eigenvalue weighted by molar-refractivity contribution is 6.03. The normalized spacial score (nSPS) is 17.6. The molecular formula is C13H7F4N3O3. The van der Waals surface area contributed by atoms with Gasteiger partial charge >= 0.3 is 12.2 Å². The van der Waals surface area contributed by atoms with Gasteiger partial charge in [-0.2, -0.15) is 17.6 Å². The summed E-state index contributed by atoms with van der Waals surface area (Å²) in [5, 5.41) is 11.8. The van der Waals surface area contributed by atoms with Crippen molar-refractivity contribution in [1.29, 1.82) is 0 Å². The summed E-state index contributed by atoms with van der Waals surface area (Å²) in [7, 11) is 0. The van der Waals surface area contributed by atoms with E-state index in [1.165, 1.54) is 12.4 Å². The third-order valence-corrected chi connectivity index (χ3v) is 3.06. The summed E-state index contributed by atoms with van der Waals surface area (Å²) < 4.78 is 57.1. The van der Waals surface area contributed by atoms with E-state index in [1.807, 2.05) is 0 Å². The van der Waals surface area contributed by atoms with E-state index in [0.717, 1.165) is 6.20 Å². The number of benzene rings is 1. The molecule has 0 fully saturated rings. The van der Waals surface area contributed by atoms with Crippen LogP contribution in [0.3, 0.4) is 0 Å². The van der Waals surface area contributed by atoms with Crippen LogP contribution < -0.4 is 5.32 Å². The van der Waals surface area contributed by atoms with Crippen LogP contribution in [0.25, 0.3) is 0 Å². The summed E-state index contributed by atoms with van der Waals surface area (Å²) in [5.74, 6) is -1.68. The van der Waals surface area contributed by atoms with Crippen LogP contribution in [-0.4, -0.2) is 21.0 Å². The number of hydrogen-bond acceptors (Lipinski definition) is 5. The Morgan fingerprint density at radius 3 is 2.39 bits per heavy atom. The number of aromatic nitrogens is 2. The first-order valence-corrected chi connectivity index (χ1v) is 6.12. The van der Waals surface area contributed by atoms with Crippen LogP contribution in [0, 0.1) is 0 Å². The van der Waals surface area contributed by atoms with Crippen molar-refractivity contribution in [3.8, 4) is 5.75 Å². The molecule has 0 atom stereocenters. The lowest BCUT2D eigenvalue weighted by Gasteiger charge is -2.11. The second kappa shape index (κ2) is 4.88. The predicted octanol–water partition coefficient (Wildman–Crippen LogP) is 2.56. The fraction of sp³-hybridized carbons (Fsp3) is 0.154. The van der Waals surface area contributed by atoms with Gasteiger partial charge in [0, 0.05) is 12.4 Å². The Bertz CT molecular complexity index is 784. The van der Waals surface area contributed by atoms with Gasteiger partial charge in [-0.25, -0.2) is 9.72 Å². The zero-order valence-electron chi connectivity index (χ0n) is 11.1. The number of alkyl halides is 4. The van der Waals surface area contributed by atoms with Gasteiger partial charge in [-0.3, -0.25) is 9.78 Å². The summed E-state index contributed by atoms with van der Waals surface area (Å²) in [6.45, 7) is 0. The number of hydrogen-bond donors (Lipinski definition) is 2. The van der Waals surface area contributed by atoms with Crippen molar-refractivity contribution < 1.29 is 32.2 Å². The number of ether oxygens (including phenoxy) is 1. The lowest BCUT2D eigenvalue weighted by Crippen LogP contribution is -2.17. The van der Waals surface area contributed by atoms with E-state index < -0.39 is 40.7 Å². The van der Waals surface area contributed by atoms with Gasteiger partial charge in [0.2, 0.25) is 0 Å². The molecule has 0 radical (unpaired) electrons. The Hall–Kier alpha value is -2.75. The number of halogens is 4. The van der Waals surface area contributed by atoms with Crippen molar-refractivity contribution in [2.24, 2.45) is 0 Å². The number of rotatable bonds is 2. The lowest BCUT2D eigenvalue weighted by atomic mass is 10.1. The number of nitrogens with one attached hydrogen (secondary N) is 1. The smallest absolute Gasteiger partial charge is 0.388 e.